The summed E-state index contributed by atoms with van der Waals surface area (Å²) in [6, 6.07) is 0. The maximum absolute atomic E-state index is 11.4. The molecule has 1 atom stereocenters. The molecule has 1 aliphatic heterocycles. The summed E-state index contributed by atoms with van der Waals surface area (Å²) >= 11 is 6.09. The topological polar surface area (TPSA) is 50.7 Å². The summed E-state index contributed by atoms with van der Waals surface area (Å²) in [6.07, 6.45) is 4.45. The van der Waals surface area contributed by atoms with Crippen molar-refractivity contribution in [3.63, 3.8) is 0 Å². The van der Waals surface area contributed by atoms with E-state index in [9.17, 15) is 4.79 Å². The number of dihydropyridines is 1. The number of alkyl halides is 1. The van der Waals surface area contributed by atoms with Crippen molar-refractivity contribution in [2.75, 3.05) is 6.54 Å². The zero-order valence-corrected chi connectivity index (χ0v) is 9.84. The van der Waals surface area contributed by atoms with Gasteiger partial charge in [-0.05, 0) is 32.9 Å². The zero-order valence-electron chi connectivity index (χ0n) is 9.08. The lowest BCUT2D eigenvalue weighted by molar-refractivity contribution is 0.0506. The first-order valence-electron chi connectivity index (χ1n) is 4.68. The predicted octanol–water partition coefficient (Wildman–Crippen LogP) is 2.09. The molecule has 1 unspecified atom stereocenters. The van der Waals surface area contributed by atoms with Crippen LogP contribution in [0.25, 0.3) is 0 Å². The molecule has 0 aromatic rings. The summed E-state index contributed by atoms with van der Waals surface area (Å²) in [4.78, 5) is 14.4. The number of amides is 1. The average molecular weight is 231 g/mol. The summed E-state index contributed by atoms with van der Waals surface area (Å²) in [5.41, 5.74) is -0.529. The molecule has 84 valence electrons. The van der Waals surface area contributed by atoms with Crippen molar-refractivity contribution in [3.8, 4) is 0 Å². The van der Waals surface area contributed by atoms with Gasteiger partial charge in [0.25, 0.3) is 0 Å². The summed E-state index contributed by atoms with van der Waals surface area (Å²) in [5.74, 6) is 0. The molecule has 0 aromatic carbocycles. The summed E-state index contributed by atoms with van der Waals surface area (Å²) in [5, 5.41) is 2.56. The third-order valence-corrected chi connectivity index (χ3v) is 1.92. The number of halogens is 1. The molecule has 1 aliphatic rings. The van der Waals surface area contributed by atoms with Gasteiger partial charge in [0.05, 0.1) is 6.54 Å². The van der Waals surface area contributed by atoms with Crippen LogP contribution in [0.3, 0.4) is 0 Å². The van der Waals surface area contributed by atoms with Crippen molar-refractivity contribution < 1.29 is 9.53 Å². The number of aliphatic imine (C=N–C) groups is 1. The minimum atomic E-state index is -0.961. The van der Waals surface area contributed by atoms with Crippen molar-refractivity contribution >= 4 is 23.9 Å². The SMILES string of the molecule is CC(C)(C)OC(=O)NC1(Cl)C=CC=NC1. The number of hydrogen-bond donors (Lipinski definition) is 1. The summed E-state index contributed by atoms with van der Waals surface area (Å²) in [6.45, 7) is 5.69. The fourth-order valence-electron chi connectivity index (χ4n) is 1.05. The summed E-state index contributed by atoms with van der Waals surface area (Å²) in [7, 11) is 0. The van der Waals surface area contributed by atoms with Gasteiger partial charge in [0.15, 0.2) is 5.00 Å². The third-order valence-electron chi connectivity index (χ3n) is 1.58. The van der Waals surface area contributed by atoms with Gasteiger partial charge < -0.3 is 4.74 Å². The molecular weight excluding hydrogens is 216 g/mol. The molecule has 0 radical (unpaired) electrons. The van der Waals surface area contributed by atoms with Gasteiger partial charge in [-0.3, -0.25) is 10.3 Å². The van der Waals surface area contributed by atoms with Crippen LogP contribution in [-0.4, -0.2) is 29.5 Å². The van der Waals surface area contributed by atoms with Gasteiger partial charge in [-0.1, -0.05) is 11.6 Å². The highest BCUT2D eigenvalue weighted by Gasteiger charge is 2.29. The lowest BCUT2D eigenvalue weighted by Crippen LogP contribution is -2.47. The second kappa shape index (κ2) is 4.23. The number of hydrogen-bond acceptors (Lipinski definition) is 3. The Hall–Kier alpha value is -1.03. The van der Waals surface area contributed by atoms with E-state index in [1.54, 1.807) is 39.1 Å². The average Bonchev–Trinajstić information content (AvgIpc) is 1.99. The molecular formula is C10H15ClN2O2. The molecule has 1 amide bonds. The van der Waals surface area contributed by atoms with E-state index < -0.39 is 16.7 Å². The molecule has 1 heterocycles. The van der Waals surface area contributed by atoms with E-state index in [1.807, 2.05) is 0 Å². The Morgan fingerprint density at radius 3 is 2.73 bits per heavy atom. The van der Waals surface area contributed by atoms with E-state index in [-0.39, 0.29) is 0 Å². The Balaban J connectivity index is 2.51. The van der Waals surface area contributed by atoms with Gasteiger partial charge >= 0.3 is 6.09 Å². The lowest BCUT2D eigenvalue weighted by Gasteiger charge is -2.27. The standard InChI is InChI=1S/C10H15ClN2O2/c1-9(2,3)15-8(14)13-10(11)5-4-6-12-7-10/h4-6H,7H2,1-3H3,(H,13,14). The number of allylic oxidation sites excluding steroid dienone is 1. The first-order valence-corrected chi connectivity index (χ1v) is 5.06. The number of ether oxygens (including phenoxy) is 1. The van der Waals surface area contributed by atoms with E-state index in [2.05, 4.69) is 10.3 Å². The van der Waals surface area contributed by atoms with E-state index in [1.165, 1.54) is 0 Å². The van der Waals surface area contributed by atoms with Gasteiger partial charge in [0.2, 0.25) is 0 Å². The monoisotopic (exact) mass is 230 g/mol. The van der Waals surface area contributed by atoms with Crippen LogP contribution in [-0.2, 0) is 4.74 Å². The molecule has 1 N–H and O–H groups in total. The summed E-state index contributed by atoms with van der Waals surface area (Å²) < 4.78 is 5.09. The minimum absolute atomic E-state index is 0.310. The Kier molecular flexibility index (Phi) is 3.39. The predicted molar refractivity (Wildman–Crippen MR) is 60.5 cm³/mol. The maximum Gasteiger partial charge on any atom is 0.409 e. The molecule has 1 rings (SSSR count). The van der Waals surface area contributed by atoms with Crippen LogP contribution in [0.15, 0.2) is 17.1 Å². The van der Waals surface area contributed by atoms with Crippen LogP contribution >= 0.6 is 11.6 Å². The lowest BCUT2D eigenvalue weighted by atomic mass is 10.2. The van der Waals surface area contributed by atoms with Gasteiger partial charge in [0.1, 0.15) is 5.60 Å². The third kappa shape index (κ3) is 4.34. The van der Waals surface area contributed by atoms with E-state index in [4.69, 9.17) is 16.3 Å². The Morgan fingerprint density at radius 1 is 1.60 bits per heavy atom. The van der Waals surface area contributed by atoms with E-state index in [0.717, 1.165) is 0 Å². The zero-order chi connectivity index (χ0) is 11.5. The minimum Gasteiger partial charge on any atom is -0.444 e. The number of carbonyl (C=O) groups excluding carboxylic acids is 1. The fraction of sp³-hybridized carbons (Fsp3) is 0.600. The number of nitrogens with zero attached hydrogens (tertiary/aromatic N) is 1. The first-order chi connectivity index (χ1) is 6.81. The normalized spacial score (nSPS) is 25.1. The van der Waals surface area contributed by atoms with Crippen LogP contribution in [0, 0.1) is 0 Å². The van der Waals surface area contributed by atoms with Crippen molar-refractivity contribution in [2.45, 2.75) is 31.4 Å². The highest BCUT2D eigenvalue weighted by molar-refractivity contribution is 6.26. The fourth-order valence-corrected chi connectivity index (χ4v) is 1.27. The highest BCUT2D eigenvalue weighted by Crippen LogP contribution is 2.17. The largest absolute Gasteiger partial charge is 0.444 e. The number of rotatable bonds is 1. The van der Waals surface area contributed by atoms with Gasteiger partial charge in [-0.15, -0.1) is 0 Å². The second-order valence-electron chi connectivity index (χ2n) is 4.34. The van der Waals surface area contributed by atoms with Crippen LogP contribution < -0.4 is 5.32 Å². The van der Waals surface area contributed by atoms with Gasteiger partial charge in [-0.25, -0.2) is 4.79 Å². The molecule has 0 saturated heterocycles. The van der Waals surface area contributed by atoms with E-state index >= 15 is 0 Å². The number of nitrogens with one attached hydrogen (secondary N) is 1. The van der Waals surface area contributed by atoms with Crippen molar-refractivity contribution in [3.05, 3.63) is 12.2 Å². The molecule has 0 fully saturated rings. The molecule has 15 heavy (non-hydrogen) atoms. The highest BCUT2D eigenvalue weighted by atomic mass is 35.5. The molecule has 0 spiro atoms. The molecule has 5 heteroatoms. The van der Waals surface area contributed by atoms with Crippen molar-refractivity contribution in [1.29, 1.82) is 0 Å². The van der Waals surface area contributed by atoms with Crippen molar-refractivity contribution in [2.24, 2.45) is 4.99 Å². The van der Waals surface area contributed by atoms with Crippen molar-refractivity contribution in [1.82, 2.24) is 5.32 Å². The smallest absolute Gasteiger partial charge is 0.409 e. The van der Waals surface area contributed by atoms with Crippen LogP contribution in [0.4, 0.5) is 4.79 Å². The van der Waals surface area contributed by atoms with Gasteiger partial charge in [-0.2, -0.15) is 0 Å². The number of alkyl carbamates (subject to hydrolysis) is 1. The second-order valence-corrected chi connectivity index (χ2v) is 5.01. The van der Waals surface area contributed by atoms with Crippen LogP contribution in [0.2, 0.25) is 0 Å². The number of carbonyl (C=O) groups is 1. The van der Waals surface area contributed by atoms with E-state index in [0.29, 0.717) is 6.54 Å². The van der Waals surface area contributed by atoms with Crippen LogP contribution in [0.1, 0.15) is 20.8 Å². The molecule has 0 aliphatic carbocycles. The Bertz CT molecular complexity index is 307. The Labute approximate surface area is 94.4 Å². The molecule has 0 aromatic heterocycles. The molecule has 0 bridgehead atoms. The quantitative estimate of drug-likeness (QED) is 0.554. The molecule has 4 nitrogen and oxygen atoms in total. The Morgan fingerprint density at radius 2 is 2.27 bits per heavy atom. The first kappa shape index (κ1) is 12.0. The molecule has 0 saturated carbocycles. The maximum atomic E-state index is 11.4. The van der Waals surface area contributed by atoms with Gasteiger partial charge in [0, 0.05) is 6.21 Å². The van der Waals surface area contributed by atoms with Crippen LogP contribution in [0.5, 0.6) is 0 Å².